The number of benzene rings is 7. The van der Waals surface area contributed by atoms with Crippen LogP contribution in [-0.2, 0) is 0 Å². The summed E-state index contributed by atoms with van der Waals surface area (Å²) in [7, 11) is 0. The first-order valence-electron chi connectivity index (χ1n) is 15.2. The van der Waals surface area contributed by atoms with Gasteiger partial charge in [0.05, 0.1) is 11.1 Å². The first-order chi connectivity index (χ1) is 22.3. The Labute approximate surface area is 260 Å². The van der Waals surface area contributed by atoms with Gasteiger partial charge in [-0.15, -0.1) is 0 Å². The molecule has 0 amide bonds. The van der Waals surface area contributed by atoms with Crippen molar-refractivity contribution in [1.29, 1.82) is 0 Å². The Bertz CT molecular complexity index is 2470. The molecule has 2 heterocycles. The zero-order valence-corrected chi connectivity index (χ0v) is 24.4. The summed E-state index contributed by atoms with van der Waals surface area (Å²) in [6.45, 7) is 0. The van der Waals surface area contributed by atoms with Crippen molar-refractivity contribution < 1.29 is 8.83 Å². The Balaban J connectivity index is 1.31. The minimum absolute atomic E-state index is 0.855. The van der Waals surface area contributed by atoms with Crippen LogP contribution in [0.3, 0.4) is 0 Å². The van der Waals surface area contributed by atoms with Crippen molar-refractivity contribution in [2.45, 2.75) is 0 Å². The van der Waals surface area contributed by atoms with Crippen LogP contribution in [0.4, 0.5) is 17.1 Å². The van der Waals surface area contributed by atoms with Crippen molar-refractivity contribution in [3.05, 3.63) is 164 Å². The van der Waals surface area contributed by atoms with E-state index in [4.69, 9.17) is 8.83 Å². The highest BCUT2D eigenvalue weighted by Gasteiger charge is 2.23. The number of fused-ring (bicyclic) bond motifs is 6. The van der Waals surface area contributed by atoms with Crippen LogP contribution in [0, 0.1) is 0 Å². The van der Waals surface area contributed by atoms with Gasteiger partial charge in [0.15, 0.2) is 0 Å². The predicted octanol–water partition coefficient (Wildman–Crippen LogP) is 12.3. The number of hydrogen-bond donors (Lipinski definition) is 0. The second kappa shape index (κ2) is 10.3. The van der Waals surface area contributed by atoms with E-state index in [-0.39, 0.29) is 0 Å². The van der Waals surface area contributed by atoms with Crippen LogP contribution in [0.1, 0.15) is 0 Å². The zero-order valence-electron chi connectivity index (χ0n) is 24.4. The minimum Gasteiger partial charge on any atom is -0.456 e. The van der Waals surface area contributed by atoms with E-state index in [1.54, 1.807) is 0 Å². The number of nitrogens with zero attached hydrogens (tertiary/aromatic N) is 1. The maximum absolute atomic E-state index is 6.76. The number of rotatable bonds is 5. The summed E-state index contributed by atoms with van der Waals surface area (Å²) in [6.07, 6.45) is 0. The first kappa shape index (κ1) is 25.4. The van der Waals surface area contributed by atoms with Gasteiger partial charge in [0, 0.05) is 33.1 Å². The van der Waals surface area contributed by atoms with E-state index in [0.29, 0.717) is 0 Å². The molecule has 0 N–H and O–H groups in total. The number of anilines is 3. The maximum atomic E-state index is 6.76. The molecule has 45 heavy (non-hydrogen) atoms. The molecule has 0 radical (unpaired) electrons. The van der Waals surface area contributed by atoms with Gasteiger partial charge in [-0.1, -0.05) is 109 Å². The highest BCUT2D eigenvalue weighted by Crippen LogP contribution is 2.47. The summed E-state index contributed by atoms with van der Waals surface area (Å²) >= 11 is 0. The Hall–Kier alpha value is -6.06. The molecular formula is C42H27NO2. The maximum Gasteiger partial charge on any atom is 0.145 e. The van der Waals surface area contributed by atoms with Crippen LogP contribution >= 0.6 is 0 Å². The molecule has 3 nitrogen and oxygen atoms in total. The Kier molecular flexibility index (Phi) is 5.82. The summed E-state index contributed by atoms with van der Waals surface area (Å²) in [5.41, 5.74) is 11.2. The molecule has 0 spiro atoms. The van der Waals surface area contributed by atoms with E-state index in [1.165, 1.54) is 11.1 Å². The highest BCUT2D eigenvalue weighted by molar-refractivity contribution is 6.20. The molecule has 0 saturated heterocycles. The molecule has 2 aromatic heterocycles. The van der Waals surface area contributed by atoms with Crippen LogP contribution < -0.4 is 4.90 Å². The average molecular weight is 578 g/mol. The van der Waals surface area contributed by atoms with Crippen LogP contribution in [0.25, 0.3) is 66.1 Å². The lowest BCUT2D eigenvalue weighted by Crippen LogP contribution is -2.10. The van der Waals surface area contributed by atoms with E-state index >= 15 is 0 Å². The molecule has 7 aromatic carbocycles. The van der Waals surface area contributed by atoms with Crippen molar-refractivity contribution >= 4 is 60.9 Å². The minimum atomic E-state index is 0.855. The number of hydrogen-bond acceptors (Lipinski definition) is 3. The monoisotopic (exact) mass is 577 g/mol. The fraction of sp³-hybridized carbons (Fsp3) is 0. The van der Waals surface area contributed by atoms with E-state index in [9.17, 15) is 0 Å². The molecular weight excluding hydrogens is 550 g/mol. The highest BCUT2D eigenvalue weighted by atomic mass is 16.3. The number of para-hydroxylation sites is 3. The van der Waals surface area contributed by atoms with Gasteiger partial charge in [-0.25, -0.2) is 0 Å². The second-order valence-corrected chi connectivity index (χ2v) is 11.3. The topological polar surface area (TPSA) is 29.5 Å². The molecule has 0 aliphatic rings. The second-order valence-electron chi connectivity index (χ2n) is 11.3. The first-order valence-corrected chi connectivity index (χ1v) is 15.2. The van der Waals surface area contributed by atoms with E-state index < -0.39 is 0 Å². The fourth-order valence-corrected chi connectivity index (χ4v) is 6.65. The molecule has 0 fully saturated rings. The van der Waals surface area contributed by atoms with Crippen molar-refractivity contribution in [2.75, 3.05) is 4.90 Å². The van der Waals surface area contributed by atoms with Crippen molar-refractivity contribution in [1.82, 2.24) is 0 Å². The fourth-order valence-electron chi connectivity index (χ4n) is 6.65. The van der Waals surface area contributed by atoms with Crippen LogP contribution in [0.5, 0.6) is 0 Å². The van der Waals surface area contributed by atoms with Gasteiger partial charge in [-0.05, 0) is 71.3 Å². The predicted molar refractivity (Wildman–Crippen MR) is 187 cm³/mol. The summed E-state index contributed by atoms with van der Waals surface area (Å²) in [4.78, 5) is 2.33. The molecule has 0 aliphatic heterocycles. The Morgan fingerprint density at radius 1 is 0.356 bits per heavy atom. The summed E-state index contributed by atoms with van der Waals surface area (Å²) in [6, 6.07) is 57.1. The van der Waals surface area contributed by atoms with Gasteiger partial charge in [0.1, 0.15) is 22.3 Å². The molecule has 0 aliphatic carbocycles. The van der Waals surface area contributed by atoms with Crippen molar-refractivity contribution in [3.63, 3.8) is 0 Å². The van der Waals surface area contributed by atoms with Crippen molar-refractivity contribution in [3.8, 4) is 22.3 Å². The molecule has 0 unspecified atom stereocenters. The molecule has 0 saturated carbocycles. The van der Waals surface area contributed by atoms with Gasteiger partial charge in [0.25, 0.3) is 0 Å². The lowest BCUT2D eigenvalue weighted by Gasteiger charge is -2.27. The zero-order chi connectivity index (χ0) is 29.7. The molecule has 3 heteroatoms. The third kappa shape index (κ3) is 4.13. The smallest absolute Gasteiger partial charge is 0.145 e. The number of furan rings is 2. The Morgan fingerprint density at radius 2 is 0.933 bits per heavy atom. The molecule has 0 atom stereocenters. The van der Waals surface area contributed by atoms with E-state index in [1.807, 2.05) is 24.3 Å². The normalized spacial score (nSPS) is 11.6. The molecule has 212 valence electrons. The molecule has 0 bridgehead atoms. The Morgan fingerprint density at radius 3 is 1.69 bits per heavy atom. The van der Waals surface area contributed by atoms with Crippen molar-refractivity contribution in [2.24, 2.45) is 0 Å². The van der Waals surface area contributed by atoms with Gasteiger partial charge < -0.3 is 13.7 Å². The van der Waals surface area contributed by atoms with Gasteiger partial charge in [-0.2, -0.15) is 0 Å². The quantitative estimate of drug-likeness (QED) is 0.204. The SMILES string of the molecule is c1ccc(-c2ccc(N(c3ccccc3)c3ccc(-c4cccc5oc6ccccc6c45)c4oc5ccccc5c34)cc2)cc1. The van der Waals surface area contributed by atoms with E-state index in [0.717, 1.165) is 72.1 Å². The average Bonchev–Trinajstić information content (AvgIpc) is 3.69. The molecule has 9 aromatic rings. The summed E-state index contributed by atoms with van der Waals surface area (Å²) < 4.78 is 13.0. The third-order valence-corrected chi connectivity index (χ3v) is 8.68. The lowest BCUT2D eigenvalue weighted by atomic mass is 9.96. The van der Waals surface area contributed by atoms with Crippen LogP contribution in [0.15, 0.2) is 173 Å². The largest absolute Gasteiger partial charge is 0.456 e. The summed E-state index contributed by atoms with van der Waals surface area (Å²) in [5, 5.41) is 4.35. The van der Waals surface area contributed by atoms with Gasteiger partial charge >= 0.3 is 0 Å². The van der Waals surface area contributed by atoms with E-state index in [2.05, 4.69) is 144 Å². The molecule has 9 rings (SSSR count). The van der Waals surface area contributed by atoms with Gasteiger partial charge in [0.2, 0.25) is 0 Å². The van der Waals surface area contributed by atoms with Gasteiger partial charge in [-0.3, -0.25) is 0 Å². The third-order valence-electron chi connectivity index (χ3n) is 8.68. The lowest BCUT2D eigenvalue weighted by molar-refractivity contribution is 0.668. The van der Waals surface area contributed by atoms with Crippen LogP contribution in [0.2, 0.25) is 0 Å². The van der Waals surface area contributed by atoms with Crippen LogP contribution in [-0.4, -0.2) is 0 Å². The summed E-state index contributed by atoms with van der Waals surface area (Å²) in [5.74, 6) is 0. The standard InChI is InChI=1S/C42H27NO2/c1-3-12-28(13-4-1)29-22-24-31(25-23-29)43(30-14-5-2-6-15-30)36-27-26-33(42-41(36)35-17-8-10-20-38(35)45-42)32-18-11-21-39-40(32)34-16-7-9-19-37(34)44-39/h1-27H.